The molecule has 2 atom stereocenters. The first-order chi connectivity index (χ1) is 10.1. The number of halogens is 1. The predicted molar refractivity (Wildman–Crippen MR) is 88.8 cm³/mol. The summed E-state index contributed by atoms with van der Waals surface area (Å²) in [5, 5.41) is 3.41. The van der Waals surface area contributed by atoms with Gasteiger partial charge in [0.1, 0.15) is 0 Å². The lowest BCUT2D eigenvalue weighted by atomic mass is 10.1. The van der Waals surface area contributed by atoms with E-state index < -0.39 is 14.6 Å². The van der Waals surface area contributed by atoms with E-state index in [0.29, 0.717) is 5.02 Å². The van der Waals surface area contributed by atoms with E-state index in [1.807, 2.05) is 24.3 Å². The van der Waals surface area contributed by atoms with Crippen LogP contribution >= 0.6 is 11.6 Å². The number of benzene rings is 1. The highest BCUT2D eigenvalue weighted by molar-refractivity contribution is 7.92. The summed E-state index contributed by atoms with van der Waals surface area (Å²) in [5.74, 6) is -0.0784. The molecule has 1 aliphatic rings. The van der Waals surface area contributed by atoms with Crippen molar-refractivity contribution in [3.05, 3.63) is 34.9 Å². The van der Waals surface area contributed by atoms with Crippen LogP contribution in [0.2, 0.25) is 5.02 Å². The minimum atomic E-state index is -3.21. The fourth-order valence-electron chi connectivity index (χ4n) is 2.35. The Morgan fingerprint density at radius 3 is 2.55 bits per heavy atom. The third-order valence-electron chi connectivity index (χ3n) is 4.03. The van der Waals surface area contributed by atoms with Crippen LogP contribution in [0, 0.1) is 5.92 Å². The topological polar surface area (TPSA) is 63.2 Å². The molecule has 1 fully saturated rings. The zero-order valence-corrected chi connectivity index (χ0v) is 14.7. The van der Waals surface area contributed by atoms with Crippen molar-refractivity contribution in [2.45, 2.75) is 37.9 Å². The van der Waals surface area contributed by atoms with Crippen LogP contribution in [-0.2, 0) is 14.6 Å². The molecule has 0 bridgehead atoms. The summed E-state index contributed by atoms with van der Waals surface area (Å²) in [6, 6.07) is 7.52. The maximum Gasteiger partial charge on any atom is 0.223 e. The van der Waals surface area contributed by atoms with Gasteiger partial charge in [-0.05, 0) is 44.7 Å². The van der Waals surface area contributed by atoms with Gasteiger partial charge in [0.05, 0.1) is 10.5 Å². The number of rotatable bonds is 5. The number of amides is 1. The van der Waals surface area contributed by atoms with E-state index in [4.69, 9.17) is 11.6 Å². The van der Waals surface area contributed by atoms with Gasteiger partial charge in [0.2, 0.25) is 5.91 Å². The molecule has 0 radical (unpaired) electrons. The highest BCUT2D eigenvalue weighted by Gasteiger charge is 2.44. The third-order valence-corrected chi connectivity index (χ3v) is 6.99. The lowest BCUT2D eigenvalue weighted by molar-refractivity contribution is -0.122. The van der Waals surface area contributed by atoms with Crippen molar-refractivity contribution in [2.24, 2.45) is 5.92 Å². The van der Waals surface area contributed by atoms with Crippen molar-refractivity contribution in [3.63, 3.8) is 0 Å². The molecule has 0 aliphatic heterocycles. The molecule has 1 saturated carbocycles. The van der Waals surface area contributed by atoms with Gasteiger partial charge in [-0.3, -0.25) is 4.79 Å². The molecule has 1 amide bonds. The van der Waals surface area contributed by atoms with Crippen LogP contribution in [0.3, 0.4) is 0 Å². The molecular weight excluding hydrogens is 322 g/mol. The van der Waals surface area contributed by atoms with E-state index in [1.165, 1.54) is 0 Å². The summed E-state index contributed by atoms with van der Waals surface area (Å²) in [4.78, 5) is 12.1. The highest BCUT2D eigenvalue weighted by atomic mass is 35.5. The second-order valence-corrected chi connectivity index (χ2v) is 9.96. The normalized spacial score (nSPS) is 21.5. The van der Waals surface area contributed by atoms with E-state index in [2.05, 4.69) is 5.32 Å². The Labute approximate surface area is 137 Å². The van der Waals surface area contributed by atoms with E-state index in [-0.39, 0.29) is 30.0 Å². The van der Waals surface area contributed by atoms with Gasteiger partial charge < -0.3 is 5.32 Å². The van der Waals surface area contributed by atoms with Crippen molar-refractivity contribution in [1.29, 1.82) is 0 Å². The summed E-state index contributed by atoms with van der Waals surface area (Å²) < 4.78 is 23.2. The second kappa shape index (κ2) is 6.20. The molecule has 6 heteroatoms. The Morgan fingerprint density at radius 2 is 1.95 bits per heavy atom. The van der Waals surface area contributed by atoms with Crippen molar-refractivity contribution in [2.75, 3.05) is 12.3 Å². The minimum Gasteiger partial charge on any atom is -0.355 e. The number of carbonyl (C=O) groups excluding carboxylic acids is 1. The lowest BCUT2D eigenvalue weighted by Crippen LogP contribution is -2.37. The average molecular weight is 344 g/mol. The van der Waals surface area contributed by atoms with Gasteiger partial charge in [-0.1, -0.05) is 29.8 Å². The van der Waals surface area contributed by atoms with Gasteiger partial charge in [-0.2, -0.15) is 0 Å². The number of sulfone groups is 1. The van der Waals surface area contributed by atoms with E-state index in [9.17, 15) is 13.2 Å². The van der Waals surface area contributed by atoms with Crippen LogP contribution in [0.1, 0.15) is 38.7 Å². The summed E-state index contributed by atoms with van der Waals surface area (Å²) in [7, 11) is -3.21. The SMILES string of the molecule is CC(C)(C)S(=O)(=O)CCNC(=O)[C@H]1C[C@@H]1c1ccccc1Cl. The summed E-state index contributed by atoms with van der Waals surface area (Å²) in [6.45, 7) is 5.15. The maximum absolute atomic E-state index is 12.1. The smallest absolute Gasteiger partial charge is 0.223 e. The standard InChI is InChI=1S/C16H22ClNO3S/c1-16(2,3)22(20,21)9-8-18-15(19)13-10-12(13)11-6-4-5-7-14(11)17/h4-7,12-13H,8-10H2,1-3H3,(H,18,19)/t12-,13+/m1/s1. The van der Waals surface area contributed by atoms with Gasteiger partial charge in [0.25, 0.3) is 0 Å². The molecule has 0 aromatic heterocycles. The molecule has 0 saturated heterocycles. The number of hydrogen-bond acceptors (Lipinski definition) is 3. The van der Waals surface area contributed by atoms with Crippen LogP contribution in [-0.4, -0.2) is 31.4 Å². The predicted octanol–water partition coefficient (Wildman–Crippen LogP) is 2.77. The van der Waals surface area contributed by atoms with Crippen LogP contribution in [0.5, 0.6) is 0 Å². The van der Waals surface area contributed by atoms with Crippen LogP contribution in [0.15, 0.2) is 24.3 Å². The molecule has 0 unspecified atom stereocenters. The Morgan fingerprint density at radius 1 is 1.32 bits per heavy atom. The number of nitrogens with one attached hydrogen (secondary N) is 1. The quantitative estimate of drug-likeness (QED) is 0.894. The zero-order valence-electron chi connectivity index (χ0n) is 13.1. The maximum atomic E-state index is 12.1. The van der Waals surface area contributed by atoms with E-state index in [1.54, 1.807) is 20.8 Å². The lowest BCUT2D eigenvalue weighted by Gasteiger charge is -2.19. The molecule has 1 aromatic rings. The van der Waals surface area contributed by atoms with Crippen molar-refractivity contribution >= 4 is 27.3 Å². The summed E-state index contributed by atoms with van der Waals surface area (Å²) in [5.41, 5.74) is 0.992. The first-order valence-corrected chi connectivity index (χ1v) is 9.41. The van der Waals surface area contributed by atoms with Gasteiger partial charge in [0, 0.05) is 17.5 Å². The molecular formula is C16H22ClNO3S. The molecule has 122 valence electrons. The van der Waals surface area contributed by atoms with E-state index in [0.717, 1.165) is 12.0 Å². The average Bonchev–Trinajstić information content (AvgIpc) is 3.17. The van der Waals surface area contributed by atoms with Gasteiger partial charge in [0.15, 0.2) is 9.84 Å². The summed E-state index contributed by atoms with van der Waals surface area (Å²) >= 11 is 6.13. The van der Waals surface area contributed by atoms with Gasteiger partial charge in [-0.25, -0.2) is 8.42 Å². The Bertz CT molecular complexity index is 664. The van der Waals surface area contributed by atoms with Crippen molar-refractivity contribution < 1.29 is 13.2 Å². The summed E-state index contributed by atoms with van der Waals surface area (Å²) in [6.07, 6.45) is 0.765. The first kappa shape index (κ1) is 17.3. The number of hydrogen-bond donors (Lipinski definition) is 1. The van der Waals surface area contributed by atoms with Crippen molar-refractivity contribution in [3.8, 4) is 0 Å². The molecule has 0 spiro atoms. The molecule has 4 nitrogen and oxygen atoms in total. The molecule has 1 N–H and O–H groups in total. The molecule has 22 heavy (non-hydrogen) atoms. The Kier molecular flexibility index (Phi) is 4.87. The van der Waals surface area contributed by atoms with Crippen LogP contribution < -0.4 is 5.32 Å². The number of carbonyl (C=O) groups is 1. The molecule has 1 aromatic carbocycles. The van der Waals surface area contributed by atoms with Gasteiger partial charge >= 0.3 is 0 Å². The highest BCUT2D eigenvalue weighted by Crippen LogP contribution is 2.49. The third kappa shape index (κ3) is 3.82. The Hall–Kier alpha value is -1.07. The second-order valence-electron chi connectivity index (χ2n) is 6.69. The largest absolute Gasteiger partial charge is 0.355 e. The zero-order chi connectivity index (χ0) is 16.5. The van der Waals surface area contributed by atoms with E-state index >= 15 is 0 Å². The molecule has 0 heterocycles. The van der Waals surface area contributed by atoms with Crippen molar-refractivity contribution in [1.82, 2.24) is 5.32 Å². The monoisotopic (exact) mass is 343 g/mol. The Balaban J connectivity index is 1.85. The van der Waals surface area contributed by atoms with Gasteiger partial charge in [-0.15, -0.1) is 0 Å². The minimum absolute atomic E-state index is 0.0360. The van der Waals surface area contributed by atoms with Crippen LogP contribution in [0.25, 0.3) is 0 Å². The molecule has 2 rings (SSSR count). The van der Waals surface area contributed by atoms with Crippen LogP contribution in [0.4, 0.5) is 0 Å². The fraction of sp³-hybridized carbons (Fsp3) is 0.562. The fourth-order valence-corrected chi connectivity index (χ4v) is 3.61. The first-order valence-electron chi connectivity index (χ1n) is 7.38. The molecule has 1 aliphatic carbocycles.